The molecule has 108 valence electrons. The molecular formula is C13H20N6O. The molecule has 0 unspecified atom stereocenters. The SMILES string of the molecule is CCNc1nc(CC)nc(NCc2nc(C)no2)c1C. The monoisotopic (exact) mass is 276 g/mol. The predicted molar refractivity (Wildman–Crippen MR) is 76.7 cm³/mol. The largest absolute Gasteiger partial charge is 0.370 e. The molecule has 0 fully saturated rings. The standard InChI is InChI=1S/C13H20N6O/c1-5-10-17-12(14-6-2)8(3)13(18-10)15-7-11-16-9(4)19-20-11/h5-7H2,1-4H3,(H2,14,15,17,18). The van der Waals surface area contributed by atoms with Crippen LogP contribution in [-0.2, 0) is 13.0 Å². The summed E-state index contributed by atoms with van der Waals surface area (Å²) in [6.07, 6.45) is 0.785. The van der Waals surface area contributed by atoms with Crippen molar-refractivity contribution in [3.05, 3.63) is 23.1 Å². The third-order valence-corrected chi connectivity index (χ3v) is 2.83. The molecule has 0 aliphatic rings. The van der Waals surface area contributed by atoms with E-state index in [0.717, 1.165) is 36.0 Å². The summed E-state index contributed by atoms with van der Waals surface area (Å²) in [5.41, 5.74) is 0.986. The molecule has 2 aromatic heterocycles. The molecule has 0 saturated carbocycles. The molecule has 0 saturated heterocycles. The van der Waals surface area contributed by atoms with E-state index in [1.807, 2.05) is 20.8 Å². The minimum Gasteiger partial charge on any atom is -0.370 e. The van der Waals surface area contributed by atoms with Crippen molar-refractivity contribution in [2.24, 2.45) is 0 Å². The van der Waals surface area contributed by atoms with Crippen LogP contribution in [0.1, 0.15) is 37.0 Å². The first kappa shape index (κ1) is 14.2. The van der Waals surface area contributed by atoms with Gasteiger partial charge in [0.25, 0.3) is 0 Å². The number of aryl methyl sites for hydroxylation is 2. The molecule has 2 rings (SSSR count). The first-order valence-electron chi connectivity index (χ1n) is 6.78. The number of nitrogens with zero attached hydrogens (tertiary/aromatic N) is 4. The van der Waals surface area contributed by atoms with Crippen LogP contribution in [0.15, 0.2) is 4.52 Å². The normalized spacial score (nSPS) is 10.6. The van der Waals surface area contributed by atoms with Crippen LogP contribution in [0.4, 0.5) is 11.6 Å². The quantitative estimate of drug-likeness (QED) is 0.835. The summed E-state index contributed by atoms with van der Waals surface area (Å²) in [7, 11) is 0. The number of anilines is 2. The third-order valence-electron chi connectivity index (χ3n) is 2.83. The second-order valence-corrected chi connectivity index (χ2v) is 4.43. The van der Waals surface area contributed by atoms with E-state index in [0.29, 0.717) is 18.3 Å². The van der Waals surface area contributed by atoms with Gasteiger partial charge in [-0.25, -0.2) is 9.97 Å². The fraction of sp³-hybridized carbons (Fsp3) is 0.538. The second-order valence-electron chi connectivity index (χ2n) is 4.43. The smallest absolute Gasteiger partial charge is 0.245 e. The molecule has 2 aromatic rings. The lowest BCUT2D eigenvalue weighted by Crippen LogP contribution is -2.11. The van der Waals surface area contributed by atoms with Crippen LogP contribution in [0.3, 0.4) is 0 Å². The van der Waals surface area contributed by atoms with Crippen LogP contribution < -0.4 is 10.6 Å². The lowest BCUT2D eigenvalue weighted by molar-refractivity contribution is 0.379. The Kier molecular flexibility index (Phi) is 4.49. The molecule has 0 amide bonds. The zero-order valence-electron chi connectivity index (χ0n) is 12.3. The van der Waals surface area contributed by atoms with E-state index in [-0.39, 0.29) is 0 Å². The Balaban J connectivity index is 2.19. The van der Waals surface area contributed by atoms with Gasteiger partial charge < -0.3 is 15.2 Å². The second kappa shape index (κ2) is 6.31. The molecule has 0 aliphatic carbocycles. The van der Waals surface area contributed by atoms with Crippen molar-refractivity contribution in [2.45, 2.75) is 40.7 Å². The van der Waals surface area contributed by atoms with Crippen molar-refractivity contribution in [1.29, 1.82) is 0 Å². The Morgan fingerprint density at radius 1 is 1.00 bits per heavy atom. The molecular weight excluding hydrogens is 256 g/mol. The van der Waals surface area contributed by atoms with Crippen LogP contribution in [0.2, 0.25) is 0 Å². The van der Waals surface area contributed by atoms with Gasteiger partial charge in [-0.05, 0) is 20.8 Å². The maximum Gasteiger partial charge on any atom is 0.245 e. The van der Waals surface area contributed by atoms with E-state index in [1.165, 1.54) is 0 Å². The van der Waals surface area contributed by atoms with Gasteiger partial charge in [0.2, 0.25) is 5.89 Å². The van der Waals surface area contributed by atoms with Crippen LogP contribution in [0, 0.1) is 13.8 Å². The van der Waals surface area contributed by atoms with Gasteiger partial charge in [0.15, 0.2) is 5.82 Å². The Bertz CT molecular complexity index is 580. The number of rotatable bonds is 6. The van der Waals surface area contributed by atoms with E-state index in [1.54, 1.807) is 6.92 Å². The summed E-state index contributed by atoms with van der Waals surface area (Å²) >= 11 is 0. The van der Waals surface area contributed by atoms with Gasteiger partial charge in [-0.2, -0.15) is 4.98 Å². The minimum absolute atomic E-state index is 0.452. The molecule has 0 bridgehead atoms. The van der Waals surface area contributed by atoms with Gasteiger partial charge in [0, 0.05) is 18.5 Å². The van der Waals surface area contributed by atoms with E-state index in [4.69, 9.17) is 4.52 Å². The number of aromatic nitrogens is 4. The molecule has 0 aromatic carbocycles. The summed E-state index contributed by atoms with van der Waals surface area (Å²) in [5.74, 6) is 3.63. The topological polar surface area (TPSA) is 88.8 Å². The van der Waals surface area contributed by atoms with Crippen molar-refractivity contribution >= 4 is 11.6 Å². The van der Waals surface area contributed by atoms with E-state index >= 15 is 0 Å². The lowest BCUT2D eigenvalue weighted by Gasteiger charge is -2.13. The Hall–Kier alpha value is -2.18. The summed E-state index contributed by atoms with van der Waals surface area (Å²) in [4.78, 5) is 13.1. The van der Waals surface area contributed by atoms with Gasteiger partial charge in [-0.3, -0.25) is 0 Å². The number of hydrogen-bond acceptors (Lipinski definition) is 7. The maximum absolute atomic E-state index is 5.08. The van der Waals surface area contributed by atoms with Crippen molar-refractivity contribution in [3.8, 4) is 0 Å². The molecule has 0 aliphatic heterocycles. The van der Waals surface area contributed by atoms with E-state index in [9.17, 15) is 0 Å². The van der Waals surface area contributed by atoms with Gasteiger partial charge >= 0.3 is 0 Å². The molecule has 7 heteroatoms. The molecule has 20 heavy (non-hydrogen) atoms. The fourth-order valence-electron chi connectivity index (χ4n) is 1.80. The summed E-state index contributed by atoms with van der Waals surface area (Å²) in [5, 5.41) is 10.2. The average Bonchev–Trinajstić information content (AvgIpc) is 2.85. The molecule has 2 N–H and O–H groups in total. The zero-order valence-corrected chi connectivity index (χ0v) is 12.3. The van der Waals surface area contributed by atoms with Crippen molar-refractivity contribution in [3.63, 3.8) is 0 Å². The summed E-state index contributed by atoms with van der Waals surface area (Å²) in [6, 6.07) is 0. The van der Waals surface area contributed by atoms with Crippen molar-refractivity contribution in [2.75, 3.05) is 17.2 Å². The van der Waals surface area contributed by atoms with Crippen molar-refractivity contribution in [1.82, 2.24) is 20.1 Å². The lowest BCUT2D eigenvalue weighted by atomic mass is 10.3. The Morgan fingerprint density at radius 3 is 2.25 bits per heavy atom. The van der Waals surface area contributed by atoms with E-state index < -0.39 is 0 Å². The highest BCUT2D eigenvalue weighted by molar-refractivity contribution is 5.57. The first-order chi connectivity index (χ1) is 9.63. The fourth-order valence-corrected chi connectivity index (χ4v) is 1.80. The number of hydrogen-bond donors (Lipinski definition) is 2. The van der Waals surface area contributed by atoms with Crippen molar-refractivity contribution < 1.29 is 4.52 Å². The zero-order chi connectivity index (χ0) is 14.5. The third kappa shape index (κ3) is 3.23. The molecule has 0 radical (unpaired) electrons. The first-order valence-corrected chi connectivity index (χ1v) is 6.78. The molecule has 7 nitrogen and oxygen atoms in total. The predicted octanol–water partition coefficient (Wildman–Crippen LogP) is 2.08. The van der Waals surface area contributed by atoms with E-state index in [2.05, 4.69) is 30.7 Å². The average molecular weight is 276 g/mol. The van der Waals surface area contributed by atoms with Gasteiger partial charge in [-0.15, -0.1) is 0 Å². The highest BCUT2D eigenvalue weighted by atomic mass is 16.5. The maximum atomic E-state index is 5.08. The highest BCUT2D eigenvalue weighted by Crippen LogP contribution is 2.20. The number of nitrogens with one attached hydrogen (secondary N) is 2. The van der Waals surface area contributed by atoms with Gasteiger partial charge in [-0.1, -0.05) is 12.1 Å². The summed E-state index contributed by atoms with van der Waals surface area (Å²) in [6.45, 7) is 9.13. The van der Waals surface area contributed by atoms with Crippen LogP contribution in [0.25, 0.3) is 0 Å². The van der Waals surface area contributed by atoms with Gasteiger partial charge in [0.05, 0.1) is 6.54 Å². The Labute approximate surface area is 118 Å². The highest BCUT2D eigenvalue weighted by Gasteiger charge is 2.11. The van der Waals surface area contributed by atoms with Crippen LogP contribution in [0.5, 0.6) is 0 Å². The van der Waals surface area contributed by atoms with Crippen LogP contribution in [-0.4, -0.2) is 26.7 Å². The Morgan fingerprint density at radius 2 is 1.70 bits per heavy atom. The molecule has 0 atom stereocenters. The summed E-state index contributed by atoms with van der Waals surface area (Å²) < 4.78 is 5.08. The minimum atomic E-state index is 0.452. The molecule has 2 heterocycles. The molecule has 0 spiro atoms. The van der Waals surface area contributed by atoms with Crippen LogP contribution >= 0.6 is 0 Å². The van der Waals surface area contributed by atoms with Gasteiger partial charge in [0.1, 0.15) is 17.5 Å².